The Balaban J connectivity index is 1.64. The lowest BCUT2D eigenvalue weighted by molar-refractivity contribution is -0.149. The number of hydrogen-bond acceptors (Lipinski definition) is 2. The average molecular weight is 291 g/mol. The van der Waals surface area contributed by atoms with Crippen LogP contribution in [0.3, 0.4) is 0 Å². The molecule has 21 heavy (non-hydrogen) atoms. The van der Waals surface area contributed by atoms with E-state index in [4.69, 9.17) is 0 Å². The van der Waals surface area contributed by atoms with Crippen molar-refractivity contribution in [2.45, 2.75) is 25.8 Å². The van der Waals surface area contributed by atoms with Gasteiger partial charge in [0.25, 0.3) is 0 Å². The number of rotatable bonds is 4. The molecular formula is C16H18FNO3. The van der Waals surface area contributed by atoms with E-state index in [2.05, 4.69) is 5.32 Å². The van der Waals surface area contributed by atoms with Gasteiger partial charge in [-0.3, -0.25) is 9.59 Å². The summed E-state index contributed by atoms with van der Waals surface area (Å²) in [5, 5.41) is 12.2. The van der Waals surface area contributed by atoms with Crippen molar-refractivity contribution >= 4 is 11.9 Å². The van der Waals surface area contributed by atoms with E-state index in [1.165, 1.54) is 12.1 Å². The van der Waals surface area contributed by atoms with Crippen LogP contribution in [0.1, 0.15) is 24.8 Å². The second-order valence-corrected chi connectivity index (χ2v) is 6.07. The summed E-state index contributed by atoms with van der Waals surface area (Å²) in [5.41, 5.74) is 0.805. The highest BCUT2D eigenvalue weighted by atomic mass is 19.1. The number of carbonyl (C=O) groups is 2. The standard InChI is InChI=1S/C16H18FNO3/c17-12-5-1-9(2-6-12)8-18-15(19)13-10-3-4-11(7-10)14(13)16(20)21/h1-2,5-6,10-11,13-14H,3-4,7-8H2,(H,18,19)(H,20,21)/t10-,11-,13+,14+/m0/s1. The summed E-state index contributed by atoms with van der Waals surface area (Å²) in [6, 6.07) is 5.92. The van der Waals surface area contributed by atoms with Crippen LogP contribution in [-0.4, -0.2) is 17.0 Å². The van der Waals surface area contributed by atoms with Gasteiger partial charge in [-0.05, 0) is 48.8 Å². The molecule has 1 aromatic carbocycles. The molecule has 0 aromatic heterocycles. The Morgan fingerprint density at radius 3 is 2.38 bits per heavy atom. The maximum Gasteiger partial charge on any atom is 0.307 e. The highest BCUT2D eigenvalue weighted by Crippen LogP contribution is 2.52. The molecule has 2 N–H and O–H groups in total. The van der Waals surface area contributed by atoms with Gasteiger partial charge in [-0.2, -0.15) is 0 Å². The number of halogens is 1. The fourth-order valence-corrected chi connectivity index (χ4v) is 3.93. The van der Waals surface area contributed by atoms with Crippen molar-refractivity contribution in [3.63, 3.8) is 0 Å². The predicted octanol–water partition coefficient (Wildman–Crippen LogP) is 2.19. The van der Waals surface area contributed by atoms with E-state index in [-0.39, 0.29) is 23.6 Å². The maximum absolute atomic E-state index is 12.8. The molecule has 4 atom stereocenters. The minimum absolute atomic E-state index is 0.147. The molecule has 0 aliphatic heterocycles. The Hall–Kier alpha value is -1.91. The van der Waals surface area contributed by atoms with E-state index in [0.29, 0.717) is 6.54 Å². The zero-order chi connectivity index (χ0) is 15.0. The van der Waals surface area contributed by atoms with Crippen molar-refractivity contribution in [2.75, 3.05) is 0 Å². The van der Waals surface area contributed by atoms with Crippen molar-refractivity contribution < 1.29 is 19.1 Å². The summed E-state index contributed by atoms with van der Waals surface area (Å²) in [6.45, 7) is 0.305. The van der Waals surface area contributed by atoms with Crippen LogP contribution in [-0.2, 0) is 16.1 Å². The molecule has 4 nitrogen and oxygen atoms in total. The van der Waals surface area contributed by atoms with Crippen LogP contribution in [0, 0.1) is 29.5 Å². The summed E-state index contributed by atoms with van der Waals surface area (Å²) >= 11 is 0. The molecule has 112 valence electrons. The summed E-state index contributed by atoms with van der Waals surface area (Å²) in [6.07, 6.45) is 2.72. The predicted molar refractivity (Wildman–Crippen MR) is 73.7 cm³/mol. The van der Waals surface area contributed by atoms with Gasteiger partial charge < -0.3 is 10.4 Å². The van der Waals surface area contributed by atoms with Crippen LogP contribution >= 0.6 is 0 Å². The van der Waals surface area contributed by atoms with E-state index in [9.17, 15) is 19.1 Å². The number of fused-ring (bicyclic) bond motifs is 2. The summed E-state index contributed by atoms with van der Waals surface area (Å²) in [5.74, 6) is -1.97. The monoisotopic (exact) mass is 291 g/mol. The zero-order valence-electron chi connectivity index (χ0n) is 11.6. The van der Waals surface area contributed by atoms with Crippen LogP contribution in [0.2, 0.25) is 0 Å². The second kappa shape index (κ2) is 5.47. The quantitative estimate of drug-likeness (QED) is 0.893. The number of aliphatic carboxylic acids is 1. The van der Waals surface area contributed by atoms with Crippen LogP contribution in [0.4, 0.5) is 4.39 Å². The number of nitrogens with one attached hydrogen (secondary N) is 1. The first kappa shape index (κ1) is 14.0. The van der Waals surface area contributed by atoms with E-state index in [1.807, 2.05) is 0 Å². The molecule has 0 heterocycles. The van der Waals surface area contributed by atoms with Gasteiger partial charge in [0, 0.05) is 6.54 Å². The van der Waals surface area contributed by atoms with E-state index >= 15 is 0 Å². The van der Waals surface area contributed by atoms with Gasteiger partial charge in [-0.15, -0.1) is 0 Å². The van der Waals surface area contributed by atoms with Gasteiger partial charge in [-0.1, -0.05) is 12.1 Å². The van der Waals surface area contributed by atoms with Gasteiger partial charge in [-0.25, -0.2) is 4.39 Å². The number of hydrogen-bond donors (Lipinski definition) is 2. The lowest BCUT2D eigenvalue weighted by Gasteiger charge is -2.27. The topological polar surface area (TPSA) is 66.4 Å². The third kappa shape index (κ3) is 2.64. The van der Waals surface area contributed by atoms with E-state index < -0.39 is 17.8 Å². The highest BCUT2D eigenvalue weighted by molar-refractivity contribution is 5.86. The first-order valence-electron chi connectivity index (χ1n) is 7.31. The van der Waals surface area contributed by atoms with Gasteiger partial charge in [0.15, 0.2) is 0 Å². The molecule has 2 bridgehead atoms. The van der Waals surface area contributed by atoms with Crippen LogP contribution in [0.15, 0.2) is 24.3 Å². The van der Waals surface area contributed by atoms with Gasteiger partial charge >= 0.3 is 5.97 Å². The van der Waals surface area contributed by atoms with Crippen LogP contribution in [0.5, 0.6) is 0 Å². The SMILES string of the molecule is O=C(O)[C@@H]1[C@H]2CC[C@@H](C2)[C@H]1C(=O)NCc1ccc(F)cc1. The lowest BCUT2D eigenvalue weighted by atomic mass is 9.78. The molecule has 0 radical (unpaired) electrons. The molecule has 3 rings (SSSR count). The first-order chi connectivity index (χ1) is 10.1. The van der Waals surface area contributed by atoms with Crippen LogP contribution in [0.25, 0.3) is 0 Å². The fraction of sp³-hybridized carbons (Fsp3) is 0.500. The van der Waals surface area contributed by atoms with Gasteiger partial charge in [0.1, 0.15) is 5.82 Å². The van der Waals surface area contributed by atoms with Crippen molar-refractivity contribution in [1.29, 1.82) is 0 Å². The average Bonchev–Trinajstić information content (AvgIpc) is 3.06. The molecule has 2 fully saturated rings. The minimum atomic E-state index is -0.857. The molecule has 2 saturated carbocycles. The Morgan fingerprint density at radius 2 is 1.76 bits per heavy atom. The Bertz CT molecular complexity index is 557. The first-order valence-corrected chi connectivity index (χ1v) is 7.31. The highest BCUT2D eigenvalue weighted by Gasteiger charge is 2.53. The van der Waals surface area contributed by atoms with Crippen molar-refractivity contribution in [3.8, 4) is 0 Å². The second-order valence-electron chi connectivity index (χ2n) is 6.07. The number of benzene rings is 1. The molecule has 1 aromatic rings. The third-order valence-corrected chi connectivity index (χ3v) is 4.88. The third-order valence-electron chi connectivity index (χ3n) is 4.88. The molecular weight excluding hydrogens is 273 g/mol. The smallest absolute Gasteiger partial charge is 0.307 e. The molecule has 0 spiro atoms. The zero-order valence-corrected chi connectivity index (χ0v) is 11.6. The Kier molecular flexibility index (Phi) is 3.66. The Labute approximate surface area is 122 Å². The van der Waals surface area contributed by atoms with Crippen molar-refractivity contribution in [2.24, 2.45) is 23.7 Å². The summed E-state index contributed by atoms with van der Waals surface area (Å²) < 4.78 is 12.8. The molecule has 2 aliphatic carbocycles. The maximum atomic E-state index is 12.8. The van der Waals surface area contributed by atoms with E-state index in [1.54, 1.807) is 12.1 Å². The summed E-state index contributed by atoms with van der Waals surface area (Å²) in [7, 11) is 0. The van der Waals surface area contributed by atoms with Gasteiger partial charge in [0.05, 0.1) is 11.8 Å². The summed E-state index contributed by atoms with van der Waals surface area (Å²) in [4.78, 5) is 23.7. The molecule has 5 heteroatoms. The molecule has 0 saturated heterocycles. The number of carboxylic acids is 1. The lowest BCUT2D eigenvalue weighted by Crippen LogP contribution is -2.41. The minimum Gasteiger partial charge on any atom is -0.481 e. The largest absolute Gasteiger partial charge is 0.481 e. The number of amides is 1. The van der Waals surface area contributed by atoms with Gasteiger partial charge in [0.2, 0.25) is 5.91 Å². The molecule has 1 amide bonds. The fourth-order valence-electron chi connectivity index (χ4n) is 3.93. The van der Waals surface area contributed by atoms with Crippen LogP contribution < -0.4 is 5.32 Å². The normalized spacial score (nSPS) is 30.3. The molecule has 0 unspecified atom stereocenters. The number of carbonyl (C=O) groups excluding carboxylic acids is 1. The van der Waals surface area contributed by atoms with E-state index in [0.717, 1.165) is 24.8 Å². The number of carboxylic acid groups (broad SMARTS) is 1. The molecule has 2 aliphatic rings. The van der Waals surface area contributed by atoms with Crippen molar-refractivity contribution in [3.05, 3.63) is 35.6 Å². The van der Waals surface area contributed by atoms with Crippen molar-refractivity contribution in [1.82, 2.24) is 5.32 Å². The Morgan fingerprint density at radius 1 is 1.14 bits per heavy atom.